The largest absolute Gasteiger partial charge is 0.522 e. The van der Waals surface area contributed by atoms with Crippen molar-refractivity contribution in [1.82, 2.24) is 5.32 Å². The summed E-state index contributed by atoms with van der Waals surface area (Å²) in [5.41, 5.74) is 0.861. The molecule has 2 aliphatic heterocycles. The summed E-state index contributed by atoms with van der Waals surface area (Å²) in [6.07, 6.45) is -0.932. The second-order valence-electron chi connectivity index (χ2n) is 5.18. The van der Waals surface area contributed by atoms with Crippen molar-refractivity contribution in [2.45, 2.75) is 17.8 Å². The number of benzene rings is 1. The Hall–Kier alpha value is -1.86. The molecular formula is C14H15N2O4S+. The van der Waals surface area contributed by atoms with E-state index >= 15 is 0 Å². The molecule has 7 heteroatoms. The van der Waals surface area contributed by atoms with E-state index < -0.39 is 27.9 Å². The van der Waals surface area contributed by atoms with Gasteiger partial charge in [0.2, 0.25) is 11.9 Å². The predicted molar refractivity (Wildman–Crippen MR) is 76.5 cm³/mol. The molecule has 0 saturated carbocycles. The van der Waals surface area contributed by atoms with Gasteiger partial charge in [-0.25, -0.2) is 4.79 Å². The number of nitrogens with zero attached hydrogens (tertiary/aromatic N) is 1. The molecule has 0 aliphatic carbocycles. The number of quaternary nitrogens is 1. The molecular weight excluding hydrogens is 292 g/mol. The van der Waals surface area contributed by atoms with Gasteiger partial charge in [0, 0.05) is 5.75 Å². The van der Waals surface area contributed by atoms with Gasteiger partial charge >= 0.3 is 12.0 Å². The van der Waals surface area contributed by atoms with Crippen LogP contribution in [0.4, 0.5) is 4.79 Å². The highest BCUT2D eigenvalue weighted by Gasteiger charge is 2.72. The van der Waals surface area contributed by atoms with E-state index in [1.807, 2.05) is 30.3 Å². The number of carbonyl (C=O) groups is 3. The number of imide groups is 1. The van der Waals surface area contributed by atoms with Gasteiger partial charge in [0.1, 0.15) is 6.54 Å². The monoisotopic (exact) mass is 307 g/mol. The van der Waals surface area contributed by atoms with Gasteiger partial charge in [0.15, 0.2) is 5.37 Å². The lowest BCUT2D eigenvalue weighted by Crippen LogP contribution is -2.80. The molecule has 2 heterocycles. The highest BCUT2D eigenvalue weighted by atomic mass is 32.2. The van der Waals surface area contributed by atoms with Crippen molar-refractivity contribution in [1.29, 1.82) is 0 Å². The average molecular weight is 307 g/mol. The van der Waals surface area contributed by atoms with Gasteiger partial charge in [-0.3, -0.25) is 4.79 Å². The molecule has 3 rings (SSSR count). The Kier molecular flexibility index (Phi) is 3.46. The van der Waals surface area contributed by atoms with E-state index in [0.717, 1.165) is 5.56 Å². The average Bonchev–Trinajstić information content (AvgIpc) is 2.87. The summed E-state index contributed by atoms with van der Waals surface area (Å²) >= 11 is 1.44. The number of rotatable bonds is 3. The third kappa shape index (κ3) is 2.13. The molecule has 0 radical (unpaired) electrons. The van der Waals surface area contributed by atoms with Crippen LogP contribution >= 0.6 is 11.8 Å². The maximum absolute atomic E-state index is 12.2. The van der Waals surface area contributed by atoms with E-state index in [4.69, 9.17) is 0 Å². The topological polar surface area (TPSA) is 83.5 Å². The first-order chi connectivity index (χ1) is 10.1. The predicted octanol–water partition coefficient (Wildman–Crippen LogP) is 0.822. The number of carbonyl (C=O) groups excluding carboxylic acids is 2. The molecule has 1 aromatic carbocycles. The van der Waals surface area contributed by atoms with Crippen LogP contribution in [0.25, 0.3) is 0 Å². The molecule has 0 bridgehead atoms. The van der Waals surface area contributed by atoms with E-state index in [1.165, 1.54) is 11.8 Å². The van der Waals surface area contributed by atoms with Crippen LogP contribution in [0, 0.1) is 0 Å². The number of β-lactam (4-membered cyclic amide) rings is 1. The van der Waals surface area contributed by atoms with E-state index in [1.54, 1.807) is 0 Å². The number of carboxylic acid groups (broad SMARTS) is 1. The molecule has 3 atom stereocenters. The molecule has 110 valence electrons. The van der Waals surface area contributed by atoms with Crippen molar-refractivity contribution in [3.63, 3.8) is 0 Å². The van der Waals surface area contributed by atoms with Gasteiger partial charge in [0.25, 0.3) is 0 Å². The van der Waals surface area contributed by atoms with E-state index in [-0.39, 0.29) is 12.3 Å². The summed E-state index contributed by atoms with van der Waals surface area (Å²) in [5.74, 6) is -0.0533. The van der Waals surface area contributed by atoms with Gasteiger partial charge in [0.05, 0.1) is 6.42 Å². The number of fused-ring (bicyclic) bond motifs is 1. The molecule has 0 aromatic heterocycles. The fourth-order valence-corrected chi connectivity index (χ4v) is 4.45. The molecule has 2 N–H and O–H groups in total. The maximum Gasteiger partial charge on any atom is 0.522 e. The highest BCUT2D eigenvalue weighted by Crippen LogP contribution is 2.43. The zero-order valence-corrected chi connectivity index (χ0v) is 12.0. The molecule has 2 unspecified atom stereocenters. The maximum atomic E-state index is 12.2. The van der Waals surface area contributed by atoms with Gasteiger partial charge in [-0.2, -0.15) is 4.79 Å². The van der Waals surface area contributed by atoms with Crippen LogP contribution in [-0.2, 0) is 16.0 Å². The number of thioether (sulfide) groups is 1. The SMILES string of the molecule is O=C(Cc1ccccc1)NC1C(=O)[N+]2(C(=O)O)CCS[C@@H]12. The molecule has 3 amide bonds. The van der Waals surface area contributed by atoms with Crippen molar-refractivity contribution in [2.24, 2.45) is 0 Å². The van der Waals surface area contributed by atoms with E-state index in [0.29, 0.717) is 12.3 Å². The van der Waals surface area contributed by atoms with E-state index in [2.05, 4.69) is 5.32 Å². The molecule has 1 aromatic rings. The fourth-order valence-electron chi connectivity index (χ4n) is 2.88. The van der Waals surface area contributed by atoms with Crippen LogP contribution in [0.5, 0.6) is 0 Å². The Morgan fingerprint density at radius 2 is 2.05 bits per heavy atom. The number of amides is 3. The summed E-state index contributed by atoms with van der Waals surface area (Å²) in [4.78, 5) is 35.5. The molecule has 6 nitrogen and oxygen atoms in total. The molecule has 2 saturated heterocycles. The number of nitrogens with one attached hydrogen (secondary N) is 1. The molecule has 2 fully saturated rings. The van der Waals surface area contributed by atoms with Crippen LogP contribution in [0.2, 0.25) is 0 Å². The van der Waals surface area contributed by atoms with Crippen LogP contribution in [0.3, 0.4) is 0 Å². The Bertz CT molecular complexity index is 606. The van der Waals surface area contributed by atoms with Crippen LogP contribution < -0.4 is 5.32 Å². The quantitative estimate of drug-likeness (QED) is 0.638. The first kappa shape index (κ1) is 14.1. The molecule has 2 aliphatic rings. The zero-order chi connectivity index (χ0) is 15.0. The van der Waals surface area contributed by atoms with Gasteiger partial charge in [-0.05, 0) is 5.56 Å². The minimum atomic E-state index is -1.12. The minimum absolute atomic E-state index is 0.190. The zero-order valence-electron chi connectivity index (χ0n) is 11.2. The minimum Gasteiger partial charge on any atom is -0.435 e. The lowest BCUT2D eigenvalue weighted by Gasteiger charge is -2.44. The summed E-state index contributed by atoms with van der Waals surface area (Å²) in [6.45, 7) is 0.300. The smallest absolute Gasteiger partial charge is 0.435 e. The Morgan fingerprint density at radius 1 is 1.33 bits per heavy atom. The highest BCUT2D eigenvalue weighted by molar-refractivity contribution is 8.00. The number of hydrogen-bond acceptors (Lipinski definition) is 4. The summed E-state index contributed by atoms with van der Waals surface area (Å²) in [5, 5.41) is 11.6. The summed E-state index contributed by atoms with van der Waals surface area (Å²) in [7, 11) is 0. The van der Waals surface area contributed by atoms with Gasteiger partial charge in [-0.15, -0.1) is 4.48 Å². The fraction of sp³-hybridized carbons (Fsp3) is 0.357. The second kappa shape index (κ2) is 5.16. The second-order valence-corrected chi connectivity index (χ2v) is 6.41. The van der Waals surface area contributed by atoms with Crippen molar-refractivity contribution in [3.8, 4) is 0 Å². The third-order valence-corrected chi connectivity index (χ3v) is 5.37. The van der Waals surface area contributed by atoms with Crippen molar-refractivity contribution in [2.75, 3.05) is 12.3 Å². The molecule has 0 spiro atoms. The van der Waals surface area contributed by atoms with Crippen LogP contribution in [0.1, 0.15) is 5.56 Å². The lowest BCUT2D eigenvalue weighted by molar-refractivity contribution is -0.815. The Morgan fingerprint density at radius 3 is 2.71 bits per heavy atom. The standard InChI is InChI=1S/C14H14N2O4S/c17-10(8-9-4-2-1-3-5-9)15-11-12(18)16(14(19)20)6-7-21-13(11)16/h1-5,11,13H,6-8H2,(H-,15,17,19,20)/p+1/t11?,13-,16?/m0/s1. The first-order valence-electron chi connectivity index (χ1n) is 6.66. The van der Waals surface area contributed by atoms with E-state index in [9.17, 15) is 19.5 Å². The number of hydrogen-bond donors (Lipinski definition) is 2. The normalized spacial score (nSPS) is 30.4. The van der Waals surface area contributed by atoms with Crippen LogP contribution in [0.15, 0.2) is 30.3 Å². The summed E-state index contributed by atoms with van der Waals surface area (Å²) < 4.78 is -0.541. The van der Waals surface area contributed by atoms with Crippen LogP contribution in [-0.4, -0.2) is 51.2 Å². The van der Waals surface area contributed by atoms with Gasteiger partial charge < -0.3 is 10.4 Å². The first-order valence-corrected chi connectivity index (χ1v) is 7.71. The Balaban J connectivity index is 1.66. The van der Waals surface area contributed by atoms with Crippen molar-refractivity contribution < 1.29 is 24.0 Å². The van der Waals surface area contributed by atoms with Gasteiger partial charge in [-0.1, -0.05) is 42.1 Å². The molecule has 21 heavy (non-hydrogen) atoms. The van der Waals surface area contributed by atoms with Crippen molar-refractivity contribution >= 4 is 29.7 Å². The third-order valence-electron chi connectivity index (χ3n) is 3.98. The Labute approximate surface area is 125 Å². The lowest BCUT2D eigenvalue weighted by atomic mass is 10.0. The summed E-state index contributed by atoms with van der Waals surface area (Å²) in [6, 6.07) is 8.54. The van der Waals surface area contributed by atoms with Crippen molar-refractivity contribution in [3.05, 3.63) is 35.9 Å².